The van der Waals surface area contributed by atoms with E-state index in [2.05, 4.69) is 0 Å². The fraction of sp³-hybridized carbons (Fsp3) is 1.00. The Morgan fingerprint density at radius 3 is 1.43 bits per heavy atom. The van der Waals surface area contributed by atoms with Crippen molar-refractivity contribution in [2.45, 2.75) is 7.43 Å². The van der Waals surface area contributed by atoms with Gasteiger partial charge in [-0.15, -0.1) is 0 Å². The van der Waals surface area contributed by atoms with Gasteiger partial charge in [-0.25, -0.2) is 0 Å². The van der Waals surface area contributed by atoms with Gasteiger partial charge in [-0.3, -0.25) is 0 Å². The zero-order chi connectivity index (χ0) is 4.99. The van der Waals surface area contributed by atoms with Crippen LogP contribution in [0.25, 0.3) is 0 Å². The van der Waals surface area contributed by atoms with Crippen molar-refractivity contribution >= 4 is 8.38 Å². The molecule has 0 spiro atoms. The first-order chi connectivity index (χ1) is 2.81. The molecule has 0 aliphatic rings. The predicted octanol–water partition coefficient (Wildman–Crippen LogP) is 1.86. The summed E-state index contributed by atoms with van der Waals surface area (Å²) < 4.78 is 9.48. The highest BCUT2D eigenvalue weighted by atomic mass is 31.2. The molecule has 0 fully saturated rings. The van der Waals surface area contributed by atoms with Crippen LogP contribution in [0.3, 0.4) is 0 Å². The second-order valence-electron chi connectivity index (χ2n) is 0.805. The molecular formula is C4H13O2P. The predicted molar refractivity (Wildman–Crippen MR) is 33.6 cm³/mol. The third-order valence-corrected chi connectivity index (χ3v) is 1.54. The van der Waals surface area contributed by atoms with Crippen LogP contribution in [0.5, 0.6) is 0 Å². The molecule has 7 heavy (non-hydrogen) atoms. The maximum atomic E-state index is 4.74. The van der Waals surface area contributed by atoms with E-state index in [1.54, 1.807) is 14.2 Å². The maximum absolute atomic E-state index is 4.74. The van der Waals surface area contributed by atoms with Crippen molar-refractivity contribution in [1.29, 1.82) is 0 Å². The Kier molecular flexibility index (Phi) is 9.39. The van der Waals surface area contributed by atoms with Gasteiger partial charge in [0.2, 0.25) is 0 Å². The van der Waals surface area contributed by atoms with Gasteiger partial charge in [0.05, 0.1) is 0 Å². The zero-order valence-corrected chi connectivity index (χ0v) is 5.16. The Labute approximate surface area is 46.7 Å². The SMILES string of the molecule is C.COP(C)OC. The van der Waals surface area contributed by atoms with Crippen LogP contribution in [0.2, 0.25) is 0 Å². The summed E-state index contributed by atoms with van der Waals surface area (Å²) in [5.74, 6) is 0. The minimum Gasteiger partial charge on any atom is -0.338 e. The van der Waals surface area contributed by atoms with E-state index in [4.69, 9.17) is 9.05 Å². The maximum Gasteiger partial charge on any atom is 0.166 e. The third kappa shape index (κ3) is 6.35. The lowest BCUT2D eigenvalue weighted by atomic mass is 11.8. The first-order valence-electron chi connectivity index (χ1n) is 1.63. The van der Waals surface area contributed by atoms with Gasteiger partial charge < -0.3 is 9.05 Å². The smallest absolute Gasteiger partial charge is 0.166 e. The molecule has 0 unspecified atom stereocenters. The average Bonchev–Trinajstić information content (AvgIpc) is 1.65. The summed E-state index contributed by atoms with van der Waals surface area (Å²) >= 11 is 0. The molecule has 0 aliphatic heterocycles. The van der Waals surface area contributed by atoms with E-state index >= 15 is 0 Å². The van der Waals surface area contributed by atoms with Gasteiger partial charge in [0.25, 0.3) is 0 Å². The second kappa shape index (κ2) is 6.35. The van der Waals surface area contributed by atoms with Crippen LogP contribution < -0.4 is 0 Å². The summed E-state index contributed by atoms with van der Waals surface area (Å²) in [6.07, 6.45) is 0. The van der Waals surface area contributed by atoms with E-state index in [0.717, 1.165) is 0 Å². The first kappa shape index (κ1) is 10.4. The van der Waals surface area contributed by atoms with Gasteiger partial charge in [0.1, 0.15) is 0 Å². The Hall–Kier alpha value is 0.350. The van der Waals surface area contributed by atoms with E-state index in [9.17, 15) is 0 Å². The fourth-order valence-corrected chi connectivity index (χ4v) is 0.224. The standard InChI is InChI=1S/C3H9O2P.CH4/c1-4-6(3)5-2;/h1-3H3;1H4. The molecule has 0 heterocycles. The number of hydrogen-bond donors (Lipinski definition) is 0. The Bertz CT molecular complexity index is 28.9. The molecule has 0 aromatic rings. The average molecular weight is 124 g/mol. The van der Waals surface area contributed by atoms with Crippen LogP contribution in [0.15, 0.2) is 0 Å². The lowest BCUT2D eigenvalue weighted by Gasteiger charge is -2.01. The highest BCUT2D eigenvalue weighted by molar-refractivity contribution is 7.46. The van der Waals surface area contributed by atoms with Crippen LogP contribution in [-0.2, 0) is 9.05 Å². The Morgan fingerprint density at radius 1 is 1.14 bits per heavy atom. The molecule has 3 heteroatoms. The summed E-state index contributed by atoms with van der Waals surface area (Å²) in [7, 11) is 2.69. The molecule has 0 aromatic heterocycles. The van der Waals surface area contributed by atoms with Gasteiger partial charge in [-0.2, -0.15) is 0 Å². The molecule has 0 atom stereocenters. The summed E-state index contributed by atoms with van der Waals surface area (Å²) in [4.78, 5) is 0. The fourth-order valence-electron chi connectivity index (χ4n) is 0.0745. The minimum absolute atomic E-state index is 0. The normalized spacial score (nSPS) is 8.57. The molecule has 2 nitrogen and oxygen atoms in total. The largest absolute Gasteiger partial charge is 0.338 e. The molecule has 0 saturated heterocycles. The lowest BCUT2D eigenvalue weighted by Crippen LogP contribution is -1.74. The van der Waals surface area contributed by atoms with Crippen LogP contribution in [0.4, 0.5) is 0 Å². The van der Waals surface area contributed by atoms with Gasteiger partial charge in [-0.05, 0) is 0 Å². The lowest BCUT2D eigenvalue weighted by molar-refractivity contribution is 0.346. The number of hydrogen-bond acceptors (Lipinski definition) is 2. The van der Waals surface area contributed by atoms with Gasteiger partial charge in [0, 0.05) is 20.9 Å². The van der Waals surface area contributed by atoms with Crippen LogP contribution in [0.1, 0.15) is 7.43 Å². The summed E-state index contributed by atoms with van der Waals surface area (Å²) in [6.45, 7) is 1.90. The van der Waals surface area contributed by atoms with E-state index in [0.29, 0.717) is 0 Å². The molecule has 0 saturated carbocycles. The summed E-state index contributed by atoms with van der Waals surface area (Å²) in [5.41, 5.74) is 0. The molecule has 0 N–H and O–H groups in total. The Balaban J connectivity index is 0. The summed E-state index contributed by atoms with van der Waals surface area (Å²) in [5, 5.41) is 0. The highest BCUT2D eigenvalue weighted by Gasteiger charge is 1.89. The molecule has 46 valence electrons. The molecule has 0 amide bonds. The van der Waals surface area contributed by atoms with Crippen molar-refractivity contribution in [3.63, 3.8) is 0 Å². The van der Waals surface area contributed by atoms with Crippen molar-refractivity contribution in [2.24, 2.45) is 0 Å². The highest BCUT2D eigenvalue weighted by Crippen LogP contribution is 2.29. The van der Waals surface area contributed by atoms with Crippen LogP contribution in [-0.4, -0.2) is 20.9 Å². The van der Waals surface area contributed by atoms with E-state index < -0.39 is 8.38 Å². The molecule has 0 rings (SSSR count). The molecule has 0 aromatic carbocycles. The van der Waals surface area contributed by atoms with Crippen molar-refractivity contribution in [2.75, 3.05) is 20.9 Å². The quantitative estimate of drug-likeness (QED) is 0.523. The minimum atomic E-state index is -0.576. The first-order valence-corrected chi connectivity index (χ1v) is 3.25. The third-order valence-electron chi connectivity index (χ3n) is 0.514. The van der Waals surface area contributed by atoms with E-state index in [1.165, 1.54) is 0 Å². The van der Waals surface area contributed by atoms with Crippen molar-refractivity contribution in [3.05, 3.63) is 0 Å². The molecular weight excluding hydrogens is 111 g/mol. The van der Waals surface area contributed by atoms with Gasteiger partial charge in [0.15, 0.2) is 8.38 Å². The monoisotopic (exact) mass is 124 g/mol. The van der Waals surface area contributed by atoms with E-state index in [-0.39, 0.29) is 7.43 Å². The molecule has 0 radical (unpaired) electrons. The van der Waals surface area contributed by atoms with Crippen LogP contribution in [0, 0.1) is 0 Å². The Morgan fingerprint density at radius 2 is 1.43 bits per heavy atom. The van der Waals surface area contributed by atoms with Crippen molar-refractivity contribution in [1.82, 2.24) is 0 Å². The molecule has 0 aliphatic carbocycles. The van der Waals surface area contributed by atoms with Crippen molar-refractivity contribution < 1.29 is 9.05 Å². The number of rotatable bonds is 2. The second-order valence-corrected chi connectivity index (χ2v) is 2.41. The van der Waals surface area contributed by atoms with Gasteiger partial charge in [-0.1, -0.05) is 7.43 Å². The summed E-state index contributed by atoms with van der Waals surface area (Å²) in [6, 6.07) is 0. The topological polar surface area (TPSA) is 18.5 Å². The van der Waals surface area contributed by atoms with E-state index in [1.807, 2.05) is 6.66 Å². The molecule has 0 bridgehead atoms. The van der Waals surface area contributed by atoms with Crippen molar-refractivity contribution in [3.8, 4) is 0 Å². The zero-order valence-electron chi connectivity index (χ0n) is 4.26. The van der Waals surface area contributed by atoms with Crippen LogP contribution >= 0.6 is 8.38 Å². The van der Waals surface area contributed by atoms with Gasteiger partial charge >= 0.3 is 0 Å².